The summed E-state index contributed by atoms with van der Waals surface area (Å²) in [7, 11) is 0. The fraction of sp³-hybridized carbons (Fsp3) is 0.250. The van der Waals surface area contributed by atoms with Crippen LogP contribution in [-0.4, -0.2) is 6.29 Å². The highest BCUT2D eigenvalue weighted by Crippen LogP contribution is 2.25. The maximum absolute atomic E-state index is 10.8. The van der Waals surface area contributed by atoms with Crippen molar-refractivity contribution >= 4 is 44.2 Å². The summed E-state index contributed by atoms with van der Waals surface area (Å²) in [4.78, 5) is 10.8. The van der Waals surface area contributed by atoms with E-state index in [0.717, 1.165) is 26.4 Å². The zero-order valence-electron chi connectivity index (χ0n) is 8.63. The van der Waals surface area contributed by atoms with Crippen LogP contribution in [0.25, 0.3) is 6.08 Å². The highest BCUT2D eigenvalue weighted by Gasteiger charge is 2.02. The summed E-state index contributed by atoms with van der Waals surface area (Å²) in [6, 6.07) is 5.91. The molecule has 0 aliphatic heterocycles. The van der Waals surface area contributed by atoms with Gasteiger partial charge in [-0.2, -0.15) is 0 Å². The number of halogens is 2. The quantitative estimate of drug-likeness (QED) is 0.590. The van der Waals surface area contributed by atoms with Gasteiger partial charge in [0, 0.05) is 8.95 Å². The van der Waals surface area contributed by atoms with Crippen molar-refractivity contribution < 1.29 is 4.79 Å². The van der Waals surface area contributed by atoms with E-state index in [-0.39, 0.29) is 5.92 Å². The lowest BCUT2D eigenvalue weighted by Crippen LogP contribution is -1.94. The molecule has 0 N–H and O–H groups in total. The van der Waals surface area contributed by atoms with Gasteiger partial charge in [0.2, 0.25) is 0 Å². The van der Waals surface area contributed by atoms with E-state index in [2.05, 4.69) is 31.9 Å². The van der Waals surface area contributed by atoms with E-state index >= 15 is 0 Å². The maximum atomic E-state index is 10.8. The fourth-order valence-electron chi connectivity index (χ4n) is 1.13. The van der Waals surface area contributed by atoms with Crippen LogP contribution < -0.4 is 0 Å². The minimum Gasteiger partial charge on any atom is -0.298 e. The van der Waals surface area contributed by atoms with E-state index in [9.17, 15) is 4.79 Å². The smallest absolute Gasteiger partial charge is 0.146 e. The molecule has 0 aliphatic carbocycles. The van der Waals surface area contributed by atoms with Crippen LogP contribution >= 0.6 is 31.9 Å². The lowest BCUT2D eigenvalue weighted by Gasteiger charge is -2.04. The van der Waals surface area contributed by atoms with Crippen LogP contribution in [-0.2, 0) is 4.79 Å². The zero-order valence-corrected chi connectivity index (χ0v) is 11.8. The van der Waals surface area contributed by atoms with Gasteiger partial charge in [-0.25, -0.2) is 0 Å². The number of benzene rings is 1. The molecule has 1 rings (SSSR count). The zero-order chi connectivity index (χ0) is 11.4. The van der Waals surface area contributed by atoms with Gasteiger partial charge in [0.15, 0.2) is 0 Å². The average molecular weight is 332 g/mol. The number of aldehydes is 1. The Labute approximate surface area is 107 Å². The monoisotopic (exact) mass is 330 g/mol. The number of hydrogen-bond acceptors (Lipinski definition) is 1. The molecule has 3 heteroatoms. The topological polar surface area (TPSA) is 17.1 Å². The van der Waals surface area contributed by atoms with Gasteiger partial charge in [-0.1, -0.05) is 19.9 Å². The molecule has 0 heterocycles. The van der Waals surface area contributed by atoms with Crippen LogP contribution in [0.15, 0.2) is 32.7 Å². The molecule has 0 atom stereocenters. The van der Waals surface area contributed by atoms with Crippen LogP contribution in [0.5, 0.6) is 0 Å². The summed E-state index contributed by atoms with van der Waals surface area (Å²) in [6.07, 6.45) is 2.83. The van der Waals surface area contributed by atoms with Gasteiger partial charge in [-0.05, 0) is 67.1 Å². The lowest BCUT2D eigenvalue weighted by molar-refractivity contribution is -0.105. The highest BCUT2D eigenvalue weighted by molar-refractivity contribution is 9.13. The molecule has 1 aromatic carbocycles. The molecule has 0 radical (unpaired) electrons. The summed E-state index contributed by atoms with van der Waals surface area (Å²) in [6.45, 7) is 4.02. The first-order valence-corrected chi connectivity index (χ1v) is 6.25. The predicted octanol–water partition coefficient (Wildman–Crippen LogP) is 4.45. The Morgan fingerprint density at radius 2 is 1.93 bits per heavy atom. The van der Waals surface area contributed by atoms with E-state index < -0.39 is 0 Å². The molecule has 0 amide bonds. The molecule has 0 bridgehead atoms. The molecular formula is C12H12Br2O. The molecule has 15 heavy (non-hydrogen) atoms. The van der Waals surface area contributed by atoms with Crippen molar-refractivity contribution in [3.63, 3.8) is 0 Å². The van der Waals surface area contributed by atoms with Crippen molar-refractivity contribution in [2.24, 2.45) is 5.92 Å². The molecule has 0 aliphatic rings. The first-order valence-electron chi connectivity index (χ1n) is 4.66. The molecule has 0 saturated heterocycles. The molecule has 1 nitrogen and oxygen atoms in total. The molecule has 0 aromatic heterocycles. The number of allylic oxidation sites excluding steroid dienone is 1. The molecule has 1 aromatic rings. The van der Waals surface area contributed by atoms with Gasteiger partial charge in [0.25, 0.3) is 0 Å². The minimum absolute atomic E-state index is 0.255. The molecule has 0 saturated carbocycles. The second-order valence-corrected chi connectivity index (χ2v) is 5.30. The second-order valence-electron chi connectivity index (χ2n) is 3.59. The van der Waals surface area contributed by atoms with Gasteiger partial charge >= 0.3 is 0 Å². The van der Waals surface area contributed by atoms with E-state index in [1.54, 1.807) is 0 Å². The van der Waals surface area contributed by atoms with E-state index in [1.165, 1.54) is 0 Å². The third-order valence-electron chi connectivity index (χ3n) is 2.08. The van der Waals surface area contributed by atoms with Gasteiger partial charge in [-0.3, -0.25) is 4.79 Å². The van der Waals surface area contributed by atoms with Gasteiger partial charge in [0.05, 0.1) is 0 Å². The Hall–Kier alpha value is -0.410. The largest absolute Gasteiger partial charge is 0.298 e. The molecule has 80 valence electrons. The van der Waals surface area contributed by atoms with Crippen LogP contribution in [0, 0.1) is 5.92 Å². The normalized spacial score (nSPS) is 11.9. The first-order chi connectivity index (χ1) is 7.04. The maximum Gasteiger partial charge on any atom is 0.146 e. The molecule has 0 spiro atoms. The Morgan fingerprint density at radius 1 is 1.27 bits per heavy atom. The third kappa shape index (κ3) is 3.58. The van der Waals surface area contributed by atoms with Crippen LogP contribution in [0.1, 0.15) is 19.4 Å². The Bertz CT molecular complexity index is 395. The van der Waals surface area contributed by atoms with Crippen molar-refractivity contribution in [2.75, 3.05) is 0 Å². The lowest BCUT2D eigenvalue weighted by atomic mass is 10.0. The van der Waals surface area contributed by atoms with Crippen molar-refractivity contribution in [2.45, 2.75) is 13.8 Å². The molecule has 0 fully saturated rings. The van der Waals surface area contributed by atoms with Crippen molar-refractivity contribution in [1.82, 2.24) is 0 Å². The summed E-state index contributed by atoms with van der Waals surface area (Å²) in [5.41, 5.74) is 1.84. The molecular weight excluding hydrogens is 320 g/mol. The van der Waals surface area contributed by atoms with Crippen LogP contribution in [0.4, 0.5) is 0 Å². The Kier molecular flexibility index (Phi) is 4.74. The van der Waals surface area contributed by atoms with E-state index in [0.29, 0.717) is 0 Å². The minimum atomic E-state index is 0.255. The number of hydrogen-bond donors (Lipinski definition) is 0. The van der Waals surface area contributed by atoms with Crippen molar-refractivity contribution in [3.05, 3.63) is 38.3 Å². The predicted molar refractivity (Wildman–Crippen MR) is 70.7 cm³/mol. The highest BCUT2D eigenvalue weighted by atomic mass is 79.9. The second kappa shape index (κ2) is 5.61. The summed E-state index contributed by atoms with van der Waals surface area (Å²) in [5.74, 6) is 0.255. The van der Waals surface area contributed by atoms with Crippen LogP contribution in [0.2, 0.25) is 0 Å². The van der Waals surface area contributed by atoms with Gasteiger partial charge in [0.1, 0.15) is 6.29 Å². The Balaban J connectivity index is 3.07. The van der Waals surface area contributed by atoms with Crippen molar-refractivity contribution in [3.8, 4) is 0 Å². The van der Waals surface area contributed by atoms with Gasteiger partial charge in [-0.15, -0.1) is 0 Å². The molecule has 0 unspecified atom stereocenters. The third-order valence-corrected chi connectivity index (χ3v) is 3.96. The van der Waals surface area contributed by atoms with E-state index in [4.69, 9.17) is 0 Å². The summed E-state index contributed by atoms with van der Waals surface area (Å²) >= 11 is 6.83. The summed E-state index contributed by atoms with van der Waals surface area (Å²) < 4.78 is 2.00. The standard InChI is InChI=1S/C12H12Br2O/c1-8(2)10(7-15)5-9-3-4-11(13)12(14)6-9/h3-8H,1-2H3/b10-5+. The number of carbonyl (C=O) groups excluding carboxylic acids is 1. The van der Waals surface area contributed by atoms with Crippen molar-refractivity contribution in [1.29, 1.82) is 0 Å². The summed E-state index contributed by atoms with van der Waals surface area (Å²) in [5, 5.41) is 0. The van der Waals surface area contributed by atoms with Crippen LogP contribution in [0.3, 0.4) is 0 Å². The number of carbonyl (C=O) groups is 1. The SMILES string of the molecule is CC(C)/C(C=O)=C/c1ccc(Br)c(Br)c1. The fourth-order valence-corrected chi connectivity index (χ4v) is 1.77. The first kappa shape index (κ1) is 12.7. The average Bonchev–Trinajstić information content (AvgIpc) is 2.19. The van der Waals surface area contributed by atoms with E-state index in [1.807, 2.05) is 38.1 Å². The number of rotatable bonds is 3. The van der Waals surface area contributed by atoms with Gasteiger partial charge < -0.3 is 0 Å². The Morgan fingerprint density at radius 3 is 2.40 bits per heavy atom.